The summed E-state index contributed by atoms with van der Waals surface area (Å²) in [7, 11) is -0.420. The maximum atomic E-state index is 12.9. The second kappa shape index (κ2) is 15.5. The third-order valence-electron chi connectivity index (χ3n) is 5.36. The van der Waals surface area contributed by atoms with E-state index in [1.54, 1.807) is 0 Å². The minimum absolute atomic E-state index is 0.0981. The molecule has 0 aliphatic heterocycles. The maximum Gasteiger partial charge on any atom is 0.407 e. The summed E-state index contributed by atoms with van der Waals surface area (Å²) in [4.78, 5) is 36.1. The van der Waals surface area contributed by atoms with Gasteiger partial charge in [-0.1, -0.05) is 51.1 Å². The predicted octanol–water partition coefficient (Wildman–Crippen LogP) is 4.31. The molecular formula is C24H39N2O7P. The van der Waals surface area contributed by atoms with Crippen LogP contribution < -0.4 is 10.6 Å². The molecular weight excluding hydrogens is 459 g/mol. The summed E-state index contributed by atoms with van der Waals surface area (Å²) in [5.41, 5.74) is 0.854. The van der Waals surface area contributed by atoms with Crippen molar-refractivity contribution in [3.63, 3.8) is 0 Å². The molecule has 9 nitrogen and oxygen atoms in total. The van der Waals surface area contributed by atoms with Crippen molar-refractivity contribution < 1.29 is 32.9 Å². The molecule has 0 aliphatic carbocycles. The van der Waals surface area contributed by atoms with Gasteiger partial charge in [0.25, 0.3) is 0 Å². The molecule has 0 bridgehead atoms. The first-order valence-corrected chi connectivity index (χ1v) is 13.5. The van der Waals surface area contributed by atoms with Crippen LogP contribution in [0.15, 0.2) is 30.3 Å². The van der Waals surface area contributed by atoms with Gasteiger partial charge in [-0.2, -0.15) is 0 Å². The monoisotopic (exact) mass is 498 g/mol. The molecule has 0 spiro atoms. The number of ether oxygens (including phenoxy) is 2. The lowest BCUT2D eigenvalue weighted by atomic mass is 10.0. The van der Waals surface area contributed by atoms with Gasteiger partial charge in [0.15, 0.2) is 0 Å². The second-order valence-corrected chi connectivity index (χ2v) is 11.6. The number of methoxy groups -OCH3 is 1. The van der Waals surface area contributed by atoms with Gasteiger partial charge in [-0.3, -0.25) is 9.36 Å². The van der Waals surface area contributed by atoms with E-state index >= 15 is 0 Å². The lowest BCUT2D eigenvalue weighted by Crippen LogP contribution is -2.42. The van der Waals surface area contributed by atoms with Gasteiger partial charge in [-0.15, -0.1) is 0 Å². The highest BCUT2D eigenvalue weighted by Gasteiger charge is 2.25. The minimum Gasteiger partial charge on any atom is -0.467 e. The van der Waals surface area contributed by atoms with Crippen molar-refractivity contribution >= 4 is 25.3 Å². The van der Waals surface area contributed by atoms with E-state index in [0.29, 0.717) is 19.3 Å². The van der Waals surface area contributed by atoms with Crippen LogP contribution in [-0.2, 0) is 34.8 Å². The zero-order valence-corrected chi connectivity index (χ0v) is 21.8. The van der Waals surface area contributed by atoms with Gasteiger partial charge < -0.3 is 24.6 Å². The van der Waals surface area contributed by atoms with Gasteiger partial charge in [0.05, 0.1) is 13.4 Å². The van der Waals surface area contributed by atoms with E-state index in [4.69, 9.17) is 14.0 Å². The molecule has 1 rings (SSSR count). The standard InChI is InChI=1S/C24H39N2O7P/c1-18(2)15-21(23(28)31-4)26-22(27)12-11-19(3)13-14-34(30,32-5)17-25-24(29)33-16-20-9-7-6-8-10-20/h6-10,18-19,21H,11-17H2,1-5H3,(H,25,29)(H,26,27)/t19?,21-,34?/m0/s1. The minimum atomic E-state index is -3.08. The Balaban J connectivity index is 2.39. The molecule has 0 saturated heterocycles. The number of carbonyl (C=O) groups excluding carboxylic acids is 3. The smallest absolute Gasteiger partial charge is 0.407 e. The van der Waals surface area contributed by atoms with Crippen molar-refractivity contribution in [3.8, 4) is 0 Å². The summed E-state index contributed by atoms with van der Waals surface area (Å²) in [5.74, 6) is -0.344. The second-order valence-electron chi connectivity index (χ2n) is 8.82. The van der Waals surface area contributed by atoms with Gasteiger partial charge in [0.1, 0.15) is 12.6 Å². The lowest BCUT2D eigenvalue weighted by Gasteiger charge is -2.20. The molecule has 0 aromatic heterocycles. The van der Waals surface area contributed by atoms with Gasteiger partial charge in [0, 0.05) is 19.7 Å². The van der Waals surface area contributed by atoms with Crippen molar-refractivity contribution in [1.82, 2.24) is 10.6 Å². The number of carbonyl (C=O) groups is 3. The molecule has 1 aromatic carbocycles. The van der Waals surface area contributed by atoms with Gasteiger partial charge in [-0.05, 0) is 36.7 Å². The first kappa shape index (κ1) is 29.7. The Morgan fingerprint density at radius 2 is 1.71 bits per heavy atom. The molecule has 0 aliphatic rings. The highest BCUT2D eigenvalue weighted by molar-refractivity contribution is 7.58. The van der Waals surface area contributed by atoms with Crippen LogP contribution in [0.2, 0.25) is 0 Å². The highest BCUT2D eigenvalue weighted by atomic mass is 31.2. The van der Waals surface area contributed by atoms with E-state index in [1.807, 2.05) is 51.1 Å². The maximum absolute atomic E-state index is 12.9. The summed E-state index contributed by atoms with van der Waals surface area (Å²) in [6.45, 7) is 6.02. The van der Waals surface area contributed by atoms with Crippen LogP contribution in [0.5, 0.6) is 0 Å². The van der Waals surface area contributed by atoms with Crippen molar-refractivity contribution in [2.75, 3.05) is 26.7 Å². The van der Waals surface area contributed by atoms with Crippen molar-refractivity contribution in [2.24, 2.45) is 11.8 Å². The van der Waals surface area contributed by atoms with E-state index in [0.717, 1.165) is 5.56 Å². The fourth-order valence-corrected chi connectivity index (χ4v) is 4.90. The Labute approximate surface area is 202 Å². The number of esters is 1. The van der Waals surface area contributed by atoms with Crippen LogP contribution in [0.3, 0.4) is 0 Å². The van der Waals surface area contributed by atoms with Crippen molar-refractivity contribution in [1.29, 1.82) is 0 Å². The average molecular weight is 499 g/mol. The quantitative estimate of drug-likeness (QED) is 0.273. The first-order valence-electron chi connectivity index (χ1n) is 11.5. The van der Waals surface area contributed by atoms with Crippen LogP contribution in [0, 0.1) is 11.8 Å². The fourth-order valence-electron chi connectivity index (χ4n) is 3.23. The van der Waals surface area contributed by atoms with Crippen LogP contribution in [0.1, 0.15) is 52.0 Å². The molecule has 0 fully saturated rings. The third kappa shape index (κ3) is 12.2. The summed E-state index contributed by atoms with van der Waals surface area (Å²) >= 11 is 0. The van der Waals surface area contributed by atoms with Crippen molar-refractivity contribution in [3.05, 3.63) is 35.9 Å². The highest BCUT2D eigenvalue weighted by Crippen LogP contribution is 2.46. The van der Waals surface area contributed by atoms with Gasteiger partial charge >= 0.3 is 12.1 Å². The van der Waals surface area contributed by atoms with Crippen LogP contribution in [-0.4, -0.2) is 50.7 Å². The number of benzene rings is 1. The topological polar surface area (TPSA) is 120 Å². The molecule has 0 heterocycles. The van der Waals surface area contributed by atoms with E-state index in [-0.39, 0.29) is 43.2 Å². The summed E-state index contributed by atoms with van der Waals surface area (Å²) in [6, 6.07) is 8.60. The van der Waals surface area contributed by atoms with Crippen LogP contribution in [0.4, 0.5) is 4.79 Å². The molecule has 192 valence electrons. The molecule has 2 unspecified atom stereocenters. The van der Waals surface area contributed by atoms with E-state index in [2.05, 4.69) is 10.6 Å². The number of hydrogen-bond acceptors (Lipinski definition) is 7. The van der Waals surface area contributed by atoms with E-state index in [9.17, 15) is 18.9 Å². The number of rotatable bonds is 15. The summed E-state index contributed by atoms with van der Waals surface area (Å²) in [5, 5.41) is 5.25. The lowest BCUT2D eigenvalue weighted by molar-refractivity contribution is -0.145. The average Bonchev–Trinajstić information content (AvgIpc) is 2.83. The van der Waals surface area contributed by atoms with Crippen molar-refractivity contribution in [2.45, 2.75) is 59.1 Å². The largest absolute Gasteiger partial charge is 0.467 e. The SMILES string of the molecule is COC(=O)[C@H](CC(C)C)NC(=O)CCC(C)CCP(=O)(CNC(=O)OCc1ccccc1)OC. The Morgan fingerprint density at radius 3 is 2.29 bits per heavy atom. The van der Waals surface area contributed by atoms with E-state index < -0.39 is 25.5 Å². The van der Waals surface area contributed by atoms with Crippen LogP contribution >= 0.6 is 7.37 Å². The number of nitrogens with one attached hydrogen (secondary N) is 2. The Morgan fingerprint density at radius 1 is 1.03 bits per heavy atom. The normalized spacial score (nSPS) is 14.5. The number of hydrogen-bond donors (Lipinski definition) is 2. The molecule has 0 saturated carbocycles. The zero-order chi connectivity index (χ0) is 25.6. The molecule has 0 radical (unpaired) electrons. The summed E-state index contributed by atoms with van der Waals surface area (Å²) in [6.07, 6.45) is 1.36. The van der Waals surface area contributed by atoms with Gasteiger partial charge in [-0.25, -0.2) is 9.59 Å². The first-order chi connectivity index (χ1) is 16.1. The third-order valence-corrected chi connectivity index (χ3v) is 7.61. The van der Waals surface area contributed by atoms with Crippen LogP contribution in [0.25, 0.3) is 0 Å². The Bertz CT molecular complexity index is 817. The van der Waals surface area contributed by atoms with Gasteiger partial charge in [0.2, 0.25) is 13.3 Å². The molecule has 2 amide bonds. The predicted molar refractivity (Wildman–Crippen MR) is 131 cm³/mol. The summed E-state index contributed by atoms with van der Waals surface area (Å²) < 4.78 is 28.0. The Hall–Kier alpha value is -2.38. The zero-order valence-electron chi connectivity index (χ0n) is 20.9. The number of alkyl carbamates (subject to hydrolysis) is 1. The Kier molecular flexibility index (Phi) is 13.5. The van der Waals surface area contributed by atoms with E-state index in [1.165, 1.54) is 14.2 Å². The number of amides is 2. The molecule has 3 atom stereocenters. The fraction of sp³-hybridized carbons (Fsp3) is 0.625. The molecule has 34 heavy (non-hydrogen) atoms. The molecule has 2 N–H and O–H groups in total. The molecule has 1 aromatic rings. The molecule has 10 heteroatoms.